The molecule has 2 aromatic rings. The lowest BCUT2D eigenvalue weighted by molar-refractivity contribution is 0.0692. The van der Waals surface area contributed by atoms with Gasteiger partial charge in [0.15, 0.2) is 11.5 Å². The summed E-state index contributed by atoms with van der Waals surface area (Å²) >= 11 is 0. The highest BCUT2D eigenvalue weighted by Gasteiger charge is 2.24. The van der Waals surface area contributed by atoms with E-state index in [0.717, 1.165) is 18.2 Å². The average molecular weight is 355 g/mol. The molecule has 2 N–H and O–H groups in total. The second-order valence-electron chi connectivity index (χ2n) is 4.60. The van der Waals surface area contributed by atoms with Crippen LogP contribution in [0.25, 0.3) is 0 Å². The van der Waals surface area contributed by atoms with E-state index in [0.29, 0.717) is 0 Å². The van der Waals surface area contributed by atoms with Crippen LogP contribution in [0, 0.1) is 5.82 Å². The van der Waals surface area contributed by atoms with Gasteiger partial charge in [-0.3, -0.25) is 4.72 Å². The van der Waals surface area contributed by atoms with Crippen molar-refractivity contribution in [2.75, 3.05) is 18.9 Å². The SMILES string of the molecule is COc1cc(S(=O)(=O)Nc2ccccc2F)cc(C(=O)O)c1OC. The molecule has 7 nitrogen and oxygen atoms in total. The highest BCUT2D eigenvalue weighted by atomic mass is 32.2. The number of halogens is 1. The number of nitrogens with one attached hydrogen (secondary N) is 1. The number of sulfonamides is 1. The zero-order chi connectivity index (χ0) is 17.9. The predicted molar refractivity (Wildman–Crippen MR) is 83.7 cm³/mol. The summed E-state index contributed by atoms with van der Waals surface area (Å²) in [6.45, 7) is 0. The standard InChI is InChI=1S/C15H14FNO6S/c1-22-13-8-9(7-10(15(18)19)14(13)23-2)24(20,21)17-12-6-4-3-5-11(12)16/h3-8,17H,1-2H3,(H,18,19). The van der Waals surface area contributed by atoms with Crippen LogP contribution in [0.4, 0.5) is 10.1 Å². The van der Waals surface area contributed by atoms with Crippen LogP contribution in [0.15, 0.2) is 41.3 Å². The van der Waals surface area contributed by atoms with Crippen molar-refractivity contribution in [3.8, 4) is 11.5 Å². The van der Waals surface area contributed by atoms with Crippen molar-refractivity contribution in [2.45, 2.75) is 4.90 Å². The number of rotatable bonds is 6. The number of aromatic carboxylic acids is 1. The number of hydrogen-bond acceptors (Lipinski definition) is 5. The lowest BCUT2D eigenvalue weighted by Crippen LogP contribution is -2.15. The zero-order valence-electron chi connectivity index (χ0n) is 12.7. The average Bonchev–Trinajstić information content (AvgIpc) is 2.55. The van der Waals surface area contributed by atoms with Crippen LogP contribution in [-0.2, 0) is 10.0 Å². The Morgan fingerprint density at radius 2 is 1.83 bits per heavy atom. The third-order valence-electron chi connectivity index (χ3n) is 3.11. The van der Waals surface area contributed by atoms with Gasteiger partial charge in [0.1, 0.15) is 11.4 Å². The highest BCUT2D eigenvalue weighted by molar-refractivity contribution is 7.92. The van der Waals surface area contributed by atoms with Gasteiger partial charge in [0.25, 0.3) is 10.0 Å². The molecule has 0 aliphatic rings. The Labute approximate surface area is 137 Å². The fraction of sp³-hybridized carbons (Fsp3) is 0.133. The summed E-state index contributed by atoms with van der Waals surface area (Å²) in [5.41, 5.74) is -0.657. The number of hydrogen-bond donors (Lipinski definition) is 2. The van der Waals surface area contributed by atoms with E-state index in [1.54, 1.807) is 0 Å². The van der Waals surface area contributed by atoms with E-state index in [9.17, 15) is 22.7 Å². The van der Waals surface area contributed by atoms with Gasteiger partial charge < -0.3 is 14.6 Å². The molecule has 128 valence electrons. The van der Waals surface area contributed by atoms with Crippen molar-refractivity contribution in [3.63, 3.8) is 0 Å². The van der Waals surface area contributed by atoms with Crippen LogP contribution in [-0.4, -0.2) is 33.7 Å². The number of methoxy groups -OCH3 is 2. The number of carboxylic acids is 1. The third-order valence-corrected chi connectivity index (χ3v) is 4.46. The molecule has 0 heterocycles. The van der Waals surface area contributed by atoms with E-state index in [1.807, 2.05) is 0 Å². The monoisotopic (exact) mass is 355 g/mol. The molecule has 9 heteroatoms. The minimum absolute atomic E-state index is 0.0775. The molecule has 0 fully saturated rings. The fourth-order valence-electron chi connectivity index (χ4n) is 2.00. The molecule has 0 bridgehead atoms. The van der Waals surface area contributed by atoms with Gasteiger partial charge in [-0.2, -0.15) is 0 Å². The Kier molecular flexibility index (Phi) is 4.93. The van der Waals surface area contributed by atoms with Gasteiger partial charge in [-0.25, -0.2) is 17.6 Å². The molecule has 0 aromatic heterocycles. The van der Waals surface area contributed by atoms with Gasteiger partial charge in [-0.15, -0.1) is 0 Å². The van der Waals surface area contributed by atoms with Gasteiger partial charge in [0.05, 0.1) is 24.8 Å². The summed E-state index contributed by atoms with van der Waals surface area (Å²) in [5, 5.41) is 9.23. The number of anilines is 1. The maximum absolute atomic E-state index is 13.6. The van der Waals surface area contributed by atoms with Crippen molar-refractivity contribution in [2.24, 2.45) is 0 Å². The first kappa shape index (κ1) is 17.5. The van der Waals surface area contributed by atoms with Gasteiger partial charge in [0.2, 0.25) is 0 Å². The van der Waals surface area contributed by atoms with Gasteiger partial charge in [-0.1, -0.05) is 12.1 Å². The van der Waals surface area contributed by atoms with E-state index < -0.39 is 32.3 Å². The lowest BCUT2D eigenvalue weighted by atomic mass is 10.2. The van der Waals surface area contributed by atoms with Crippen molar-refractivity contribution >= 4 is 21.7 Å². The molecule has 0 aliphatic carbocycles. The Bertz CT molecular complexity index is 882. The van der Waals surface area contributed by atoms with Gasteiger partial charge >= 0.3 is 5.97 Å². The van der Waals surface area contributed by atoms with Crippen LogP contribution in [0.5, 0.6) is 11.5 Å². The maximum Gasteiger partial charge on any atom is 0.339 e. The van der Waals surface area contributed by atoms with Crippen molar-refractivity contribution < 1.29 is 32.2 Å². The number of benzene rings is 2. The van der Waals surface area contributed by atoms with Crippen LogP contribution in [0.2, 0.25) is 0 Å². The molecule has 0 spiro atoms. The molecule has 2 rings (SSSR count). The first-order chi connectivity index (χ1) is 11.3. The summed E-state index contributed by atoms with van der Waals surface area (Å²) < 4.78 is 50.5. The first-order valence-electron chi connectivity index (χ1n) is 6.57. The second kappa shape index (κ2) is 6.75. The highest BCUT2D eigenvalue weighted by Crippen LogP contribution is 2.34. The maximum atomic E-state index is 13.6. The summed E-state index contributed by atoms with van der Waals surface area (Å²) in [6, 6.07) is 7.20. The van der Waals surface area contributed by atoms with Crippen LogP contribution in [0.3, 0.4) is 0 Å². The van der Waals surface area contributed by atoms with Gasteiger partial charge in [0, 0.05) is 6.07 Å². The second-order valence-corrected chi connectivity index (χ2v) is 6.28. The third kappa shape index (κ3) is 3.40. The Hall–Kier alpha value is -2.81. The molecule has 0 aliphatic heterocycles. The molecule has 24 heavy (non-hydrogen) atoms. The van der Waals surface area contributed by atoms with Crippen molar-refractivity contribution in [3.05, 3.63) is 47.8 Å². The summed E-state index contributed by atoms with van der Waals surface area (Å²) in [6.07, 6.45) is 0. The summed E-state index contributed by atoms with van der Waals surface area (Å²) in [4.78, 5) is 10.9. The zero-order valence-corrected chi connectivity index (χ0v) is 13.6. The van der Waals surface area contributed by atoms with Crippen LogP contribution >= 0.6 is 0 Å². The number of carboxylic acid groups (broad SMARTS) is 1. The van der Waals surface area contributed by atoms with Crippen LogP contribution in [0.1, 0.15) is 10.4 Å². The Morgan fingerprint density at radius 3 is 2.38 bits per heavy atom. The van der Waals surface area contributed by atoms with Gasteiger partial charge in [-0.05, 0) is 18.2 Å². The van der Waals surface area contributed by atoms with Crippen molar-refractivity contribution in [1.82, 2.24) is 0 Å². The lowest BCUT2D eigenvalue weighted by Gasteiger charge is -2.14. The summed E-state index contributed by atoms with van der Waals surface area (Å²) in [5.74, 6) is -2.35. The molecular formula is C15H14FNO6S. The quantitative estimate of drug-likeness (QED) is 0.825. The van der Waals surface area contributed by atoms with Crippen LogP contribution < -0.4 is 14.2 Å². The van der Waals surface area contributed by atoms with E-state index in [4.69, 9.17) is 9.47 Å². The molecule has 2 aromatic carbocycles. The Morgan fingerprint density at radius 1 is 1.17 bits per heavy atom. The topological polar surface area (TPSA) is 102 Å². The van der Waals surface area contributed by atoms with E-state index >= 15 is 0 Å². The smallest absolute Gasteiger partial charge is 0.339 e. The summed E-state index contributed by atoms with van der Waals surface area (Å²) in [7, 11) is -1.77. The molecule has 0 unspecified atom stereocenters. The van der Waals surface area contributed by atoms with E-state index in [1.165, 1.54) is 32.4 Å². The normalized spacial score (nSPS) is 11.0. The van der Waals surface area contributed by atoms with E-state index in [-0.39, 0.29) is 17.2 Å². The minimum atomic E-state index is -4.24. The largest absolute Gasteiger partial charge is 0.493 e. The first-order valence-corrected chi connectivity index (χ1v) is 8.05. The Balaban J connectivity index is 2.56. The predicted octanol–water partition coefficient (Wildman–Crippen LogP) is 2.34. The molecule has 0 saturated carbocycles. The molecule has 0 saturated heterocycles. The number of ether oxygens (including phenoxy) is 2. The molecule has 0 amide bonds. The number of para-hydroxylation sites is 1. The number of carbonyl (C=O) groups is 1. The molecule has 0 atom stereocenters. The molecule has 0 radical (unpaired) electrons. The minimum Gasteiger partial charge on any atom is -0.493 e. The molecular weight excluding hydrogens is 341 g/mol. The van der Waals surface area contributed by atoms with Crippen molar-refractivity contribution in [1.29, 1.82) is 0 Å². The fourth-order valence-corrected chi connectivity index (χ4v) is 3.11. The van der Waals surface area contributed by atoms with E-state index in [2.05, 4.69) is 4.72 Å².